The summed E-state index contributed by atoms with van der Waals surface area (Å²) in [5.41, 5.74) is -0.613. The molecule has 2 bridgehead atoms. The third-order valence-corrected chi connectivity index (χ3v) is 8.76. The number of carbonyl (C=O) groups is 3. The summed E-state index contributed by atoms with van der Waals surface area (Å²) in [6.45, 7) is 6.19. The summed E-state index contributed by atoms with van der Waals surface area (Å²) in [6.07, 6.45) is 6.87. The minimum absolute atomic E-state index is 0.108. The van der Waals surface area contributed by atoms with Crippen LogP contribution in [0.4, 0.5) is 0 Å². The van der Waals surface area contributed by atoms with Gasteiger partial charge in [-0.1, -0.05) is 18.6 Å². The maximum atomic E-state index is 13.2. The number of esters is 2. The van der Waals surface area contributed by atoms with Gasteiger partial charge in [-0.15, -0.1) is 0 Å². The van der Waals surface area contributed by atoms with Gasteiger partial charge in [-0.25, -0.2) is 0 Å². The minimum atomic E-state index is -0.849. The number of methoxy groups -OCH3 is 2. The van der Waals surface area contributed by atoms with Crippen molar-refractivity contribution in [2.75, 3.05) is 14.2 Å². The van der Waals surface area contributed by atoms with Gasteiger partial charge in [-0.3, -0.25) is 9.59 Å². The number of ether oxygens (including phenoxy) is 2. The summed E-state index contributed by atoms with van der Waals surface area (Å²) in [5.74, 6) is -0.884. The number of carbonyl (C=O) groups excluding carboxylic acids is 3. The van der Waals surface area contributed by atoms with Crippen LogP contribution in [0, 0.1) is 39.9 Å². The second kappa shape index (κ2) is 5.92. The summed E-state index contributed by atoms with van der Waals surface area (Å²) in [6, 6.07) is 0. The van der Waals surface area contributed by atoms with Crippen LogP contribution in [0.2, 0.25) is 0 Å². The zero-order valence-corrected chi connectivity index (χ0v) is 16.6. The maximum absolute atomic E-state index is 13.2. The fourth-order valence-corrected chi connectivity index (χ4v) is 7.97. The molecule has 5 nitrogen and oxygen atoms in total. The number of hydrogen-bond donors (Lipinski definition) is 0. The van der Waals surface area contributed by atoms with Gasteiger partial charge in [0.1, 0.15) is 6.29 Å². The van der Waals surface area contributed by atoms with E-state index in [9.17, 15) is 14.4 Å². The van der Waals surface area contributed by atoms with Crippen LogP contribution in [0.15, 0.2) is 12.2 Å². The number of allylic oxidation sites excluding steroid dienone is 1. The quantitative estimate of drug-likeness (QED) is 0.431. The monoisotopic (exact) mass is 374 g/mol. The van der Waals surface area contributed by atoms with Crippen molar-refractivity contribution < 1.29 is 23.9 Å². The van der Waals surface area contributed by atoms with Crippen molar-refractivity contribution >= 4 is 18.2 Å². The highest BCUT2D eigenvalue weighted by Gasteiger charge is 2.76. The molecule has 4 fully saturated rings. The van der Waals surface area contributed by atoms with Crippen LogP contribution >= 0.6 is 0 Å². The first-order chi connectivity index (χ1) is 12.8. The Kier molecular flexibility index (Phi) is 4.10. The summed E-state index contributed by atoms with van der Waals surface area (Å²) in [7, 11) is 2.81. The molecule has 4 saturated carbocycles. The van der Waals surface area contributed by atoms with Crippen molar-refractivity contribution in [2.24, 2.45) is 39.9 Å². The molecular formula is C22H30O5. The normalized spacial score (nSPS) is 47.7. The van der Waals surface area contributed by atoms with Gasteiger partial charge in [0, 0.05) is 11.3 Å². The van der Waals surface area contributed by atoms with Gasteiger partial charge in [0.05, 0.1) is 25.6 Å². The molecule has 0 amide bonds. The zero-order chi connectivity index (χ0) is 19.6. The van der Waals surface area contributed by atoms with Crippen LogP contribution in [0.25, 0.3) is 0 Å². The lowest BCUT2D eigenvalue weighted by Gasteiger charge is -2.49. The predicted octanol–water partition coefficient (Wildman–Crippen LogP) is 3.32. The predicted molar refractivity (Wildman–Crippen MR) is 98.5 cm³/mol. The van der Waals surface area contributed by atoms with Crippen molar-refractivity contribution in [3.63, 3.8) is 0 Å². The van der Waals surface area contributed by atoms with Crippen molar-refractivity contribution in [3.05, 3.63) is 12.2 Å². The van der Waals surface area contributed by atoms with Gasteiger partial charge in [0.15, 0.2) is 0 Å². The van der Waals surface area contributed by atoms with Crippen LogP contribution < -0.4 is 0 Å². The third-order valence-electron chi connectivity index (χ3n) is 8.76. The fourth-order valence-electron chi connectivity index (χ4n) is 7.97. The lowest BCUT2D eigenvalue weighted by molar-refractivity contribution is -0.171. The van der Waals surface area contributed by atoms with Crippen LogP contribution in [0.1, 0.15) is 51.9 Å². The van der Waals surface area contributed by atoms with Crippen LogP contribution in [0.3, 0.4) is 0 Å². The first-order valence-corrected chi connectivity index (χ1v) is 10.1. The molecule has 0 radical (unpaired) electrons. The fraction of sp³-hybridized carbons (Fsp3) is 0.773. The lowest BCUT2D eigenvalue weighted by atomic mass is 9.53. The molecule has 0 N–H and O–H groups in total. The number of hydrogen-bond acceptors (Lipinski definition) is 5. The molecule has 0 aromatic rings. The SMILES string of the molecule is C=C1C[C@]23C[C@H]1CCC2C1(C=O)CCCC(C)(C(=O)OC)[C@H]1C3C(=O)OC. The summed E-state index contributed by atoms with van der Waals surface area (Å²) in [5, 5.41) is 0. The molecule has 0 saturated heterocycles. The van der Waals surface area contributed by atoms with E-state index in [0.717, 1.165) is 44.8 Å². The molecule has 4 unspecified atom stereocenters. The molecule has 1 spiro atoms. The first kappa shape index (κ1) is 18.7. The van der Waals surface area contributed by atoms with E-state index in [0.29, 0.717) is 12.3 Å². The van der Waals surface area contributed by atoms with Crippen LogP contribution in [-0.4, -0.2) is 32.4 Å². The Balaban J connectivity index is 1.96. The molecule has 4 rings (SSSR count). The van der Waals surface area contributed by atoms with Crippen molar-refractivity contribution in [1.29, 1.82) is 0 Å². The van der Waals surface area contributed by atoms with Gasteiger partial charge in [-0.05, 0) is 62.7 Å². The van der Waals surface area contributed by atoms with Crippen LogP contribution in [0.5, 0.6) is 0 Å². The molecular weight excluding hydrogens is 344 g/mol. The number of fused-ring (bicyclic) bond motifs is 3. The van der Waals surface area contributed by atoms with Gasteiger partial charge >= 0.3 is 11.9 Å². The summed E-state index contributed by atoms with van der Waals surface area (Å²) < 4.78 is 10.5. The molecule has 7 atom stereocenters. The molecule has 5 heteroatoms. The van der Waals surface area contributed by atoms with Crippen molar-refractivity contribution in [1.82, 2.24) is 0 Å². The highest BCUT2D eigenvalue weighted by atomic mass is 16.5. The highest BCUT2D eigenvalue weighted by Crippen LogP contribution is 2.77. The molecule has 4 aliphatic carbocycles. The molecule has 0 aliphatic heterocycles. The van der Waals surface area contributed by atoms with Gasteiger partial charge in [0.25, 0.3) is 0 Å². The molecule has 148 valence electrons. The number of rotatable bonds is 3. The molecule has 0 aromatic carbocycles. The van der Waals surface area contributed by atoms with Gasteiger partial charge < -0.3 is 14.3 Å². The van der Waals surface area contributed by atoms with E-state index in [-0.39, 0.29) is 29.2 Å². The van der Waals surface area contributed by atoms with E-state index >= 15 is 0 Å². The smallest absolute Gasteiger partial charge is 0.311 e. The second-order valence-electron chi connectivity index (χ2n) is 9.57. The first-order valence-electron chi connectivity index (χ1n) is 10.1. The van der Waals surface area contributed by atoms with Crippen molar-refractivity contribution in [3.8, 4) is 0 Å². The summed E-state index contributed by atoms with van der Waals surface area (Å²) in [4.78, 5) is 38.8. The third kappa shape index (κ3) is 2.09. The molecule has 0 aromatic heterocycles. The van der Waals surface area contributed by atoms with E-state index in [1.807, 2.05) is 6.92 Å². The van der Waals surface area contributed by atoms with Gasteiger partial charge in [0.2, 0.25) is 0 Å². The Hall–Kier alpha value is -1.65. The summed E-state index contributed by atoms with van der Waals surface area (Å²) >= 11 is 0. The Morgan fingerprint density at radius 1 is 1.19 bits per heavy atom. The lowest BCUT2D eigenvalue weighted by Crippen LogP contribution is -2.52. The standard InChI is InChI=1S/C22H30O5/c1-13-10-22-11-14(13)6-7-15(22)21(12-23)9-5-8-20(2,19(25)27-4)17(21)16(22)18(24)26-3/h12,14-17H,1,5-11H2,2-4H3/t14-,15?,16?,17-,20?,21?,22+/m1/s1. The topological polar surface area (TPSA) is 69.7 Å². The van der Waals surface area contributed by atoms with Crippen molar-refractivity contribution in [2.45, 2.75) is 51.9 Å². The Bertz CT molecular complexity index is 713. The Morgan fingerprint density at radius 3 is 2.56 bits per heavy atom. The van der Waals surface area contributed by atoms with E-state index in [1.165, 1.54) is 19.8 Å². The highest BCUT2D eigenvalue weighted by molar-refractivity contribution is 5.84. The van der Waals surface area contributed by atoms with E-state index in [1.54, 1.807) is 0 Å². The molecule has 4 aliphatic rings. The van der Waals surface area contributed by atoms with Gasteiger partial charge in [-0.2, -0.15) is 0 Å². The zero-order valence-electron chi connectivity index (χ0n) is 16.6. The van der Waals surface area contributed by atoms with E-state index in [4.69, 9.17) is 9.47 Å². The maximum Gasteiger partial charge on any atom is 0.311 e. The molecule has 27 heavy (non-hydrogen) atoms. The van der Waals surface area contributed by atoms with Crippen LogP contribution in [-0.2, 0) is 23.9 Å². The number of aldehydes is 1. The molecule has 0 heterocycles. The second-order valence-corrected chi connectivity index (χ2v) is 9.57. The average molecular weight is 374 g/mol. The minimum Gasteiger partial charge on any atom is -0.469 e. The largest absolute Gasteiger partial charge is 0.469 e. The van der Waals surface area contributed by atoms with E-state index in [2.05, 4.69) is 6.58 Å². The average Bonchev–Trinajstić information content (AvgIpc) is 3.08. The Morgan fingerprint density at radius 2 is 1.93 bits per heavy atom. The Labute approximate surface area is 160 Å². The van der Waals surface area contributed by atoms with E-state index < -0.39 is 16.7 Å².